The van der Waals surface area contributed by atoms with Gasteiger partial charge in [0.05, 0.1) is 0 Å². The minimum Gasteiger partial charge on any atom is -0.550 e. The second-order valence-corrected chi connectivity index (χ2v) is 5.40. The molecule has 25 heavy (non-hydrogen) atoms. The topological polar surface area (TPSA) is 112 Å². The number of aliphatic carboxylic acids is 1. The molecule has 0 fully saturated rings. The van der Waals surface area contributed by atoms with E-state index in [1.807, 2.05) is 18.2 Å². The Kier molecular flexibility index (Phi) is 8.34. The Morgan fingerprint density at radius 3 is 2.12 bits per heavy atom. The standard InChI is InChI=1S/C18H18N2O4.Na/c19-17(22)13-6-8-15(9-7-13)20-16(21)11-14(18(23)24)10-12-4-2-1-3-5-12;/h1-9,14H,10-11H2,(H2,19,22)(H,20,21)(H,23,24);/q;+1/p-1. The van der Waals surface area contributed by atoms with Gasteiger partial charge in [-0.2, -0.15) is 0 Å². The minimum absolute atomic E-state index is 0. The summed E-state index contributed by atoms with van der Waals surface area (Å²) in [5.74, 6) is -3.19. The van der Waals surface area contributed by atoms with Crippen molar-refractivity contribution < 1.29 is 49.0 Å². The first kappa shape index (κ1) is 20.9. The van der Waals surface area contributed by atoms with Crippen molar-refractivity contribution >= 4 is 23.5 Å². The zero-order chi connectivity index (χ0) is 17.5. The summed E-state index contributed by atoms with van der Waals surface area (Å²) < 4.78 is 0. The van der Waals surface area contributed by atoms with E-state index in [1.54, 1.807) is 12.1 Å². The second kappa shape index (κ2) is 9.98. The van der Waals surface area contributed by atoms with Gasteiger partial charge in [-0.05, 0) is 36.2 Å². The molecular formula is C18H17N2NaO4. The third kappa shape index (κ3) is 6.70. The van der Waals surface area contributed by atoms with Crippen LogP contribution in [0.3, 0.4) is 0 Å². The fourth-order valence-corrected chi connectivity index (χ4v) is 2.29. The van der Waals surface area contributed by atoms with E-state index >= 15 is 0 Å². The number of nitrogens with one attached hydrogen (secondary N) is 1. The summed E-state index contributed by atoms with van der Waals surface area (Å²) in [5, 5.41) is 13.9. The van der Waals surface area contributed by atoms with Crippen molar-refractivity contribution in [2.45, 2.75) is 12.8 Å². The van der Waals surface area contributed by atoms with E-state index in [9.17, 15) is 19.5 Å². The summed E-state index contributed by atoms with van der Waals surface area (Å²) in [5.41, 5.74) is 6.75. The SMILES string of the molecule is NC(=O)c1ccc(NC(=O)CC(Cc2ccccc2)C(=O)[O-])cc1.[Na+]. The number of benzene rings is 2. The zero-order valence-corrected chi connectivity index (χ0v) is 15.9. The normalized spacial score (nSPS) is 11.0. The van der Waals surface area contributed by atoms with Crippen LogP contribution in [0.1, 0.15) is 22.3 Å². The van der Waals surface area contributed by atoms with Gasteiger partial charge in [0.25, 0.3) is 0 Å². The van der Waals surface area contributed by atoms with E-state index in [2.05, 4.69) is 5.32 Å². The molecule has 7 heteroatoms. The Morgan fingerprint density at radius 1 is 1.00 bits per heavy atom. The molecule has 2 amide bonds. The molecule has 0 aliphatic carbocycles. The van der Waals surface area contributed by atoms with Crippen molar-refractivity contribution in [3.8, 4) is 0 Å². The summed E-state index contributed by atoms with van der Waals surface area (Å²) in [6.07, 6.45) is 0.0198. The molecule has 0 saturated carbocycles. The largest absolute Gasteiger partial charge is 1.00 e. The molecule has 124 valence electrons. The molecule has 0 aliphatic rings. The van der Waals surface area contributed by atoms with Gasteiger partial charge in [0.1, 0.15) is 0 Å². The molecule has 6 nitrogen and oxygen atoms in total. The molecule has 0 spiro atoms. The summed E-state index contributed by atoms with van der Waals surface area (Å²) in [7, 11) is 0. The zero-order valence-electron chi connectivity index (χ0n) is 13.9. The number of anilines is 1. The van der Waals surface area contributed by atoms with Crippen LogP contribution in [0.2, 0.25) is 0 Å². The van der Waals surface area contributed by atoms with Crippen LogP contribution in [-0.2, 0) is 16.0 Å². The van der Waals surface area contributed by atoms with E-state index in [1.165, 1.54) is 24.3 Å². The van der Waals surface area contributed by atoms with Crippen molar-refractivity contribution in [1.82, 2.24) is 0 Å². The number of hydrogen-bond donors (Lipinski definition) is 2. The fraction of sp³-hybridized carbons (Fsp3) is 0.167. The first-order valence-electron chi connectivity index (χ1n) is 7.40. The van der Waals surface area contributed by atoms with E-state index < -0.39 is 23.7 Å². The molecule has 0 radical (unpaired) electrons. The Bertz CT molecular complexity index is 733. The second-order valence-electron chi connectivity index (χ2n) is 5.40. The number of carbonyl (C=O) groups is 3. The predicted octanol–water partition coefficient (Wildman–Crippen LogP) is -2.27. The van der Waals surface area contributed by atoms with Crippen LogP contribution >= 0.6 is 0 Å². The van der Waals surface area contributed by atoms with Crippen LogP contribution in [0.25, 0.3) is 0 Å². The Balaban J connectivity index is 0.00000312. The maximum absolute atomic E-state index is 12.0. The number of carbonyl (C=O) groups excluding carboxylic acids is 3. The number of primary amides is 1. The van der Waals surface area contributed by atoms with Gasteiger partial charge < -0.3 is 21.0 Å². The Morgan fingerprint density at radius 2 is 1.60 bits per heavy atom. The number of amides is 2. The summed E-state index contributed by atoms with van der Waals surface area (Å²) in [6, 6.07) is 15.1. The van der Waals surface area contributed by atoms with Crippen LogP contribution in [0.15, 0.2) is 54.6 Å². The van der Waals surface area contributed by atoms with Gasteiger partial charge in [-0.1, -0.05) is 30.3 Å². The maximum atomic E-state index is 12.0. The first-order chi connectivity index (χ1) is 11.5. The average Bonchev–Trinajstić information content (AvgIpc) is 2.55. The smallest absolute Gasteiger partial charge is 0.550 e. The number of rotatable bonds is 7. The van der Waals surface area contributed by atoms with E-state index in [4.69, 9.17) is 5.73 Å². The van der Waals surface area contributed by atoms with Crippen LogP contribution in [0.4, 0.5) is 5.69 Å². The van der Waals surface area contributed by atoms with E-state index in [0.717, 1.165) is 5.56 Å². The van der Waals surface area contributed by atoms with Crippen molar-refractivity contribution in [3.63, 3.8) is 0 Å². The fourth-order valence-electron chi connectivity index (χ4n) is 2.29. The molecule has 0 aliphatic heterocycles. The molecule has 0 heterocycles. The number of carboxylic acids is 1. The van der Waals surface area contributed by atoms with E-state index in [-0.39, 0.29) is 42.4 Å². The van der Waals surface area contributed by atoms with Gasteiger partial charge in [0, 0.05) is 29.6 Å². The molecule has 3 N–H and O–H groups in total. The first-order valence-corrected chi connectivity index (χ1v) is 7.40. The van der Waals surface area contributed by atoms with Gasteiger partial charge in [-0.25, -0.2) is 0 Å². The molecule has 1 atom stereocenters. The van der Waals surface area contributed by atoms with Gasteiger partial charge in [0.15, 0.2) is 0 Å². The van der Waals surface area contributed by atoms with Crippen LogP contribution in [0, 0.1) is 5.92 Å². The maximum Gasteiger partial charge on any atom is 1.00 e. The summed E-state index contributed by atoms with van der Waals surface area (Å²) >= 11 is 0. The molecule has 2 rings (SSSR count). The predicted molar refractivity (Wildman–Crippen MR) is 86.8 cm³/mol. The summed E-state index contributed by atoms with van der Waals surface area (Å²) in [4.78, 5) is 34.3. The monoisotopic (exact) mass is 348 g/mol. The van der Waals surface area contributed by atoms with Crippen molar-refractivity contribution in [2.75, 3.05) is 5.32 Å². The quantitative estimate of drug-likeness (QED) is 0.549. The molecule has 0 saturated heterocycles. The van der Waals surface area contributed by atoms with Gasteiger partial charge in [0.2, 0.25) is 11.8 Å². The number of carboxylic acid groups (broad SMARTS) is 1. The molecule has 0 bridgehead atoms. The van der Waals surface area contributed by atoms with Crippen LogP contribution < -0.4 is 45.7 Å². The minimum atomic E-state index is -1.27. The molecule has 1 unspecified atom stereocenters. The third-order valence-electron chi connectivity index (χ3n) is 3.54. The third-order valence-corrected chi connectivity index (χ3v) is 3.54. The number of hydrogen-bond acceptors (Lipinski definition) is 4. The van der Waals surface area contributed by atoms with E-state index in [0.29, 0.717) is 11.3 Å². The molecular weight excluding hydrogens is 331 g/mol. The van der Waals surface area contributed by atoms with Crippen LogP contribution in [0.5, 0.6) is 0 Å². The molecule has 2 aromatic rings. The summed E-state index contributed by atoms with van der Waals surface area (Å²) in [6.45, 7) is 0. The van der Waals surface area contributed by atoms with Crippen LogP contribution in [-0.4, -0.2) is 17.8 Å². The molecule has 0 aromatic heterocycles. The van der Waals surface area contributed by atoms with Gasteiger partial charge in [-0.15, -0.1) is 0 Å². The Hall–Kier alpha value is -2.15. The molecule has 2 aromatic carbocycles. The van der Waals surface area contributed by atoms with Crippen molar-refractivity contribution in [3.05, 3.63) is 65.7 Å². The van der Waals surface area contributed by atoms with Gasteiger partial charge in [-0.3, -0.25) is 9.59 Å². The average molecular weight is 348 g/mol. The van der Waals surface area contributed by atoms with Crippen molar-refractivity contribution in [1.29, 1.82) is 0 Å². The van der Waals surface area contributed by atoms with Gasteiger partial charge >= 0.3 is 29.6 Å². The van der Waals surface area contributed by atoms with Crippen molar-refractivity contribution in [2.24, 2.45) is 11.7 Å². The Labute approximate surface area is 167 Å². The number of nitrogens with two attached hydrogens (primary N) is 1.